The summed E-state index contributed by atoms with van der Waals surface area (Å²) in [6, 6.07) is 72.8. The lowest BCUT2D eigenvalue weighted by atomic mass is 9.89. The van der Waals surface area contributed by atoms with Gasteiger partial charge in [-0.3, -0.25) is 0 Å². The Hall–Kier alpha value is -7.20. The van der Waals surface area contributed by atoms with E-state index in [9.17, 15) is 0 Å². The summed E-state index contributed by atoms with van der Waals surface area (Å²) in [5.41, 5.74) is 9.82. The summed E-state index contributed by atoms with van der Waals surface area (Å²) in [6.07, 6.45) is 0. The van der Waals surface area contributed by atoms with Crippen molar-refractivity contribution < 1.29 is 4.42 Å². The second-order valence-electron chi connectivity index (χ2n) is 14.9. The van der Waals surface area contributed by atoms with Crippen LogP contribution in [0.5, 0.6) is 0 Å². The minimum absolute atomic E-state index is 0.861. The Bertz CT molecular complexity index is 3470. The molecular formula is C54H33NOS. The van der Waals surface area contributed by atoms with E-state index in [1.165, 1.54) is 69.4 Å². The maximum Gasteiger partial charge on any atom is 0.143 e. The molecule has 3 heteroatoms. The van der Waals surface area contributed by atoms with E-state index in [1.807, 2.05) is 11.3 Å². The number of nitrogens with zero attached hydrogens (tertiary/aromatic N) is 1. The number of rotatable bonds is 5. The zero-order valence-electron chi connectivity index (χ0n) is 30.8. The lowest BCUT2D eigenvalue weighted by molar-refractivity contribution is 0.672. The summed E-state index contributed by atoms with van der Waals surface area (Å²) >= 11 is 1.86. The van der Waals surface area contributed by atoms with Crippen molar-refractivity contribution in [3.8, 4) is 22.3 Å². The molecule has 2 heterocycles. The standard InChI is InChI=1S/C54H33NOS/c1-3-14-36-30-39(27-24-34(36)12-1)55(40-28-25-35-13-2-4-15-37(35)31-40)49-21-11-22-50-53(49)48-33-47(43-18-7-8-20-46(43)54(48)56-50)42-17-6-5-16-41(42)38-26-29-45-44-19-9-10-23-51(44)57-52(45)32-38/h1-33H. The van der Waals surface area contributed by atoms with Gasteiger partial charge in [0.1, 0.15) is 11.2 Å². The van der Waals surface area contributed by atoms with Crippen LogP contribution in [-0.2, 0) is 0 Å². The number of benzene rings is 10. The molecule has 0 aliphatic heterocycles. The number of thiophene rings is 1. The number of hydrogen-bond acceptors (Lipinski definition) is 3. The van der Waals surface area contributed by atoms with Crippen LogP contribution in [-0.4, -0.2) is 0 Å². The third-order valence-corrected chi connectivity index (χ3v) is 12.7. The van der Waals surface area contributed by atoms with Crippen molar-refractivity contribution in [1.29, 1.82) is 0 Å². The van der Waals surface area contributed by atoms with Gasteiger partial charge in [0.15, 0.2) is 0 Å². The van der Waals surface area contributed by atoms with Crippen LogP contribution in [0.15, 0.2) is 205 Å². The van der Waals surface area contributed by atoms with Crippen molar-refractivity contribution in [2.45, 2.75) is 0 Å². The van der Waals surface area contributed by atoms with Gasteiger partial charge in [-0.05, 0) is 104 Å². The van der Waals surface area contributed by atoms with E-state index in [0.717, 1.165) is 44.4 Å². The molecule has 0 spiro atoms. The molecule has 0 aliphatic carbocycles. The fourth-order valence-electron chi connectivity index (χ4n) is 8.96. The number of fused-ring (bicyclic) bond motifs is 10. The maximum atomic E-state index is 6.93. The van der Waals surface area contributed by atoms with Crippen LogP contribution in [0.25, 0.3) is 96.7 Å². The normalized spacial score (nSPS) is 11.9. The lowest BCUT2D eigenvalue weighted by Gasteiger charge is -2.27. The highest BCUT2D eigenvalue weighted by Gasteiger charge is 2.23. The SMILES string of the molecule is c1ccc(-c2cc3c(oc4cccc(N(c5ccc6ccccc6c5)c5ccc6ccccc6c5)c43)c3ccccc23)c(-c2ccc3c(c2)sc2ccccc23)c1. The molecular weight excluding hydrogens is 711 g/mol. The van der Waals surface area contributed by atoms with Gasteiger partial charge >= 0.3 is 0 Å². The number of anilines is 3. The summed E-state index contributed by atoms with van der Waals surface area (Å²) in [7, 11) is 0. The van der Waals surface area contributed by atoms with E-state index >= 15 is 0 Å². The van der Waals surface area contributed by atoms with E-state index in [1.54, 1.807) is 0 Å². The van der Waals surface area contributed by atoms with Crippen molar-refractivity contribution in [2.75, 3.05) is 4.90 Å². The summed E-state index contributed by atoms with van der Waals surface area (Å²) in [5.74, 6) is 0. The van der Waals surface area contributed by atoms with Gasteiger partial charge in [-0.25, -0.2) is 0 Å². The first-order valence-corrected chi connectivity index (χ1v) is 20.2. The predicted octanol–water partition coefficient (Wildman–Crippen LogP) is 16.2. The van der Waals surface area contributed by atoms with Crippen molar-refractivity contribution in [2.24, 2.45) is 0 Å². The summed E-state index contributed by atoms with van der Waals surface area (Å²) in [5, 5.41) is 11.9. The number of furan rings is 1. The molecule has 0 fully saturated rings. The van der Waals surface area contributed by atoms with E-state index < -0.39 is 0 Å². The molecule has 0 radical (unpaired) electrons. The van der Waals surface area contributed by atoms with Gasteiger partial charge in [0, 0.05) is 42.3 Å². The van der Waals surface area contributed by atoms with Gasteiger partial charge in [0.05, 0.1) is 11.1 Å². The third-order valence-electron chi connectivity index (χ3n) is 11.6. The molecule has 0 unspecified atom stereocenters. The summed E-state index contributed by atoms with van der Waals surface area (Å²) in [6.45, 7) is 0. The lowest BCUT2D eigenvalue weighted by Crippen LogP contribution is -2.10. The van der Waals surface area contributed by atoms with E-state index in [2.05, 4.69) is 205 Å². The number of hydrogen-bond donors (Lipinski definition) is 0. The zero-order valence-corrected chi connectivity index (χ0v) is 31.6. The van der Waals surface area contributed by atoms with Gasteiger partial charge in [-0.15, -0.1) is 11.3 Å². The molecule has 2 nitrogen and oxygen atoms in total. The monoisotopic (exact) mass is 743 g/mol. The van der Waals surface area contributed by atoms with Crippen molar-refractivity contribution in [3.63, 3.8) is 0 Å². The van der Waals surface area contributed by atoms with Crippen LogP contribution in [0.3, 0.4) is 0 Å². The van der Waals surface area contributed by atoms with Crippen LogP contribution < -0.4 is 4.90 Å². The van der Waals surface area contributed by atoms with E-state index in [-0.39, 0.29) is 0 Å². The summed E-state index contributed by atoms with van der Waals surface area (Å²) in [4.78, 5) is 2.40. The second kappa shape index (κ2) is 12.7. The Morgan fingerprint density at radius 3 is 1.74 bits per heavy atom. The molecule has 0 saturated heterocycles. The molecule has 0 aliphatic rings. The molecule has 0 atom stereocenters. The molecule has 2 aromatic heterocycles. The minimum Gasteiger partial charge on any atom is -0.455 e. The highest BCUT2D eigenvalue weighted by molar-refractivity contribution is 7.25. The molecule has 12 aromatic rings. The Kier molecular flexibility index (Phi) is 7.13. The first-order valence-electron chi connectivity index (χ1n) is 19.4. The molecule has 0 amide bonds. The average molecular weight is 744 g/mol. The molecule has 10 aromatic carbocycles. The fourth-order valence-corrected chi connectivity index (χ4v) is 10.1. The van der Waals surface area contributed by atoms with Gasteiger partial charge in [-0.1, -0.05) is 146 Å². The van der Waals surface area contributed by atoms with Crippen LogP contribution >= 0.6 is 11.3 Å². The third kappa shape index (κ3) is 5.10. The highest BCUT2D eigenvalue weighted by Crippen LogP contribution is 2.48. The van der Waals surface area contributed by atoms with Gasteiger partial charge in [0.2, 0.25) is 0 Å². The first kappa shape index (κ1) is 32.1. The summed E-state index contributed by atoms with van der Waals surface area (Å²) < 4.78 is 9.55. The Morgan fingerprint density at radius 1 is 0.368 bits per heavy atom. The van der Waals surface area contributed by atoms with Crippen molar-refractivity contribution in [1.82, 2.24) is 0 Å². The van der Waals surface area contributed by atoms with E-state index in [0.29, 0.717) is 0 Å². The highest BCUT2D eigenvalue weighted by atomic mass is 32.1. The minimum atomic E-state index is 0.861. The largest absolute Gasteiger partial charge is 0.455 e. The first-order chi connectivity index (χ1) is 28.2. The van der Waals surface area contributed by atoms with Crippen LogP contribution in [0.1, 0.15) is 0 Å². The van der Waals surface area contributed by atoms with Gasteiger partial charge in [0.25, 0.3) is 0 Å². The molecule has 57 heavy (non-hydrogen) atoms. The fraction of sp³-hybridized carbons (Fsp3) is 0. The molecule has 0 bridgehead atoms. The smallest absolute Gasteiger partial charge is 0.143 e. The zero-order chi connectivity index (χ0) is 37.5. The Morgan fingerprint density at radius 2 is 0.982 bits per heavy atom. The molecule has 0 N–H and O–H groups in total. The maximum absolute atomic E-state index is 6.93. The van der Waals surface area contributed by atoms with E-state index in [4.69, 9.17) is 4.42 Å². The molecule has 266 valence electrons. The van der Waals surface area contributed by atoms with Crippen molar-refractivity contribution >= 4 is 103 Å². The Balaban J connectivity index is 1.12. The quantitative estimate of drug-likeness (QED) is 0.175. The second-order valence-corrected chi connectivity index (χ2v) is 15.9. The van der Waals surface area contributed by atoms with Gasteiger partial charge in [-0.2, -0.15) is 0 Å². The molecule has 0 saturated carbocycles. The molecule has 12 rings (SSSR count). The van der Waals surface area contributed by atoms with Crippen molar-refractivity contribution in [3.05, 3.63) is 200 Å². The van der Waals surface area contributed by atoms with Crippen LogP contribution in [0.4, 0.5) is 17.1 Å². The topological polar surface area (TPSA) is 16.4 Å². The van der Waals surface area contributed by atoms with Gasteiger partial charge < -0.3 is 9.32 Å². The average Bonchev–Trinajstić information content (AvgIpc) is 3.85. The van der Waals surface area contributed by atoms with Crippen LogP contribution in [0, 0.1) is 0 Å². The van der Waals surface area contributed by atoms with Crippen LogP contribution in [0.2, 0.25) is 0 Å². The Labute approximate surface area is 333 Å². The predicted molar refractivity (Wildman–Crippen MR) is 245 cm³/mol.